The Morgan fingerprint density at radius 1 is 1.25 bits per heavy atom. The molecule has 3 aromatic rings. The van der Waals surface area contributed by atoms with E-state index in [0.717, 1.165) is 28.2 Å². The number of aromatic nitrogens is 2. The number of hydrogen-bond acceptors (Lipinski definition) is 3. The Kier molecular flexibility index (Phi) is 3.40. The molecule has 0 unspecified atom stereocenters. The van der Waals surface area contributed by atoms with E-state index in [0.29, 0.717) is 6.42 Å². The van der Waals surface area contributed by atoms with Crippen molar-refractivity contribution in [2.75, 3.05) is 0 Å². The van der Waals surface area contributed by atoms with Crippen molar-refractivity contribution in [3.05, 3.63) is 52.0 Å². The van der Waals surface area contributed by atoms with Crippen LogP contribution in [0.3, 0.4) is 0 Å². The average Bonchev–Trinajstić information content (AvgIpc) is 3.05. The van der Waals surface area contributed by atoms with Crippen molar-refractivity contribution < 1.29 is 4.79 Å². The SMILES string of the molecule is CCc1ccc(C(=O)Cc2nc3ccccc3n2C)s1. The number of nitrogens with zero attached hydrogens (tertiary/aromatic N) is 2. The molecule has 0 aliphatic heterocycles. The molecule has 3 nitrogen and oxygen atoms in total. The third-order valence-corrected chi connectivity index (χ3v) is 4.75. The van der Waals surface area contributed by atoms with Crippen molar-refractivity contribution in [1.29, 1.82) is 0 Å². The molecular weight excluding hydrogens is 268 g/mol. The summed E-state index contributed by atoms with van der Waals surface area (Å²) in [4.78, 5) is 19.0. The van der Waals surface area contributed by atoms with Gasteiger partial charge in [-0.15, -0.1) is 11.3 Å². The van der Waals surface area contributed by atoms with Gasteiger partial charge in [-0.2, -0.15) is 0 Å². The van der Waals surface area contributed by atoms with Gasteiger partial charge in [-0.05, 0) is 30.7 Å². The van der Waals surface area contributed by atoms with E-state index < -0.39 is 0 Å². The minimum Gasteiger partial charge on any atom is -0.331 e. The van der Waals surface area contributed by atoms with Crippen LogP contribution < -0.4 is 0 Å². The van der Waals surface area contributed by atoms with Crippen LogP contribution in [0.1, 0.15) is 27.3 Å². The molecule has 0 radical (unpaired) electrons. The highest BCUT2D eigenvalue weighted by Crippen LogP contribution is 2.20. The maximum absolute atomic E-state index is 12.3. The summed E-state index contributed by atoms with van der Waals surface area (Å²) in [6.07, 6.45) is 1.33. The van der Waals surface area contributed by atoms with Crippen LogP contribution in [-0.2, 0) is 19.9 Å². The summed E-state index contributed by atoms with van der Waals surface area (Å²) in [5.74, 6) is 0.968. The Morgan fingerprint density at radius 2 is 2.05 bits per heavy atom. The van der Waals surface area contributed by atoms with E-state index in [4.69, 9.17) is 0 Å². The molecule has 0 bridgehead atoms. The van der Waals surface area contributed by atoms with Crippen LogP contribution in [0, 0.1) is 0 Å². The number of thiophene rings is 1. The lowest BCUT2D eigenvalue weighted by Gasteiger charge is -2.00. The van der Waals surface area contributed by atoms with Gasteiger partial charge >= 0.3 is 0 Å². The average molecular weight is 284 g/mol. The van der Waals surface area contributed by atoms with Gasteiger partial charge in [0.15, 0.2) is 5.78 Å². The number of imidazole rings is 1. The molecule has 0 saturated carbocycles. The van der Waals surface area contributed by atoms with E-state index in [9.17, 15) is 4.79 Å². The van der Waals surface area contributed by atoms with Gasteiger partial charge in [0.25, 0.3) is 0 Å². The molecule has 0 fully saturated rings. The van der Waals surface area contributed by atoms with Crippen LogP contribution in [0.15, 0.2) is 36.4 Å². The first kappa shape index (κ1) is 13.1. The molecule has 102 valence electrons. The fourth-order valence-electron chi connectivity index (χ4n) is 2.30. The molecule has 0 spiro atoms. The molecule has 0 amide bonds. The second-order valence-corrected chi connectivity index (χ2v) is 5.96. The van der Waals surface area contributed by atoms with E-state index in [2.05, 4.69) is 11.9 Å². The van der Waals surface area contributed by atoms with Crippen LogP contribution >= 0.6 is 11.3 Å². The molecule has 20 heavy (non-hydrogen) atoms. The Bertz CT molecular complexity index is 770. The number of hydrogen-bond donors (Lipinski definition) is 0. The lowest BCUT2D eigenvalue weighted by Crippen LogP contribution is -2.06. The number of para-hydroxylation sites is 2. The van der Waals surface area contributed by atoms with Crippen molar-refractivity contribution in [3.8, 4) is 0 Å². The predicted molar refractivity (Wildman–Crippen MR) is 82.4 cm³/mol. The molecule has 1 aromatic carbocycles. The fraction of sp³-hybridized carbons (Fsp3) is 0.250. The zero-order valence-electron chi connectivity index (χ0n) is 11.6. The second kappa shape index (κ2) is 5.21. The summed E-state index contributed by atoms with van der Waals surface area (Å²) >= 11 is 1.59. The number of ketones is 1. The van der Waals surface area contributed by atoms with Gasteiger partial charge in [-0.1, -0.05) is 19.1 Å². The molecule has 0 N–H and O–H groups in total. The monoisotopic (exact) mass is 284 g/mol. The number of rotatable bonds is 4. The van der Waals surface area contributed by atoms with Gasteiger partial charge in [0, 0.05) is 11.9 Å². The van der Waals surface area contributed by atoms with E-state index in [1.807, 2.05) is 48.0 Å². The van der Waals surface area contributed by atoms with Gasteiger partial charge in [-0.25, -0.2) is 4.98 Å². The normalized spacial score (nSPS) is 11.1. The molecule has 0 aliphatic carbocycles. The Morgan fingerprint density at radius 3 is 2.75 bits per heavy atom. The summed E-state index contributed by atoms with van der Waals surface area (Å²) in [5.41, 5.74) is 2.01. The highest BCUT2D eigenvalue weighted by Gasteiger charge is 2.14. The van der Waals surface area contributed by atoms with E-state index in [1.165, 1.54) is 4.88 Å². The van der Waals surface area contributed by atoms with Gasteiger partial charge in [0.2, 0.25) is 0 Å². The summed E-state index contributed by atoms with van der Waals surface area (Å²) in [5, 5.41) is 0. The number of carbonyl (C=O) groups is 1. The van der Waals surface area contributed by atoms with Gasteiger partial charge in [-0.3, -0.25) is 4.79 Å². The topological polar surface area (TPSA) is 34.9 Å². The van der Waals surface area contributed by atoms with E-state index >= 15 is 0 Å². The molecule has 0 saturated heterocycles. The molecular formula is C16H16N2OS. The predicted octanol–water partition coefficient (Wildman–Crippen LogP) is 3.62. The molecule has 0 aliphatic rings. The third kappa shape index (κ3) is 2.27. The molecule has 0 atom stereocenters. The lowest BCUT2D eigenvalue weighted by molar-refractivity contribution is 0.0994. The first-order valence-corrected chi connectivity index (χ1v) is 7.53. The number of benzene rings is 1. The van der Waals surface area contributed by atoms with Crippen molar-refractivity contribution in [3.63, 3.8) is 0 Å². The molecule has 4 heteroatoms. The maximum atomic E-state index is 12.3. The highest BCUT2D eigenvalue weighted by molar-refractivity contribution is 7.14. The van der Waals surface area contributed by atoms with Crippen LogP contribution in [-0.4, -0.2) is 15.3 Å². The maximum Gasteiger partial charge on any atom is 0.180 e. The third-order valence-electron chi connectivity index (χ3n) is 3.48. The number of fused-ring (bicyclic) bond motifs is 1. The Hall–Kier alpha value is -1.94. The Labute approximate surface area is 121 Å². The van der Waals surface area contributed by atoms with Crippen LogP contribution in [0.2, 0.25) is 0 Å². The zero-order valence-corrected chi connectivity index (χ0v) is 12.4. The van der Waals surface area contributed by atoms with Crippen LogP contribution in [0.4, 0.5) is 0 Å². The van der Waals surface area contributed by atoms with Crippen LogP contribution in [0.25, 0.3) is 11.0 Å². The first-order chi connectivity index (χ1) is 9.69. The van der Waals surface area contributed by atoms with E-state index in [-0.39, 0.29) is 5.78 Å². The quantitative estimate of drug-likeness (QED) is 0.686. The number of Topliss-reactive ketones (excluding diaryl/α,β-unsaturated/α-hetero) is 1. The molecule has 2 heterocycles. The first-order valence-electron chi connectivity index (χ1n) is 6.71. The zero-order chi connectivity index (χ0) is 14.1. The van der Waals surface area contributed by atoms with Crippen molar-refractivity contribution in [1.82, 2.24) is 9.55 Å². The van der Waals surface area contributed by atoms with Crippen molar-refractivity contribution in [2.45, 2.75) is 19.8 Å². The fourth-order valence-corrected chi connectivity index (χ4v) is 3.19. The summed E-state index contributed by atoms with van der Waals surface area (Å²) < 4.78 is 2.00. The molecule has 2 aromatic heterocycles. The highest BCUT2D eigenvalue weighted by atomic mass is 32.1. The summed E-state index contributed by atoms with van der Waals surface area (Å²) in [6, 6.07) is 11.9. The minimum atomic E-state index is 0.146. The van der Waals surface area contributed by atoms with Crippen molar-refractivity contribution >= 4 is 28.2 Å². The number of carbonyl (C=O) groups excluding carboxylic acids is 1. The summed E-state index contributed by atoms with van der Waals surface area (Å²) in [6.45, 7) is 2.10. The van der Waals surface area contributed by atoms with E-state index in [1.54, 1.807) is 11.3 Å². The standard InChI is InChI=1S/C16H16N2OS/c1-3-11-8-9-15(20-11)14(19)10-16-17-12-6-4-5-7-13(12)18(16)2/h4-9H,3,10H2,1-2H3. The van der Waals surface area contributed by atoms with Crippen LogP contribution in [0.5, 0.6) is 0 Å². The van der Waals surface area contributed by atoms with Crippen molar-refractivity contribution in [2.24, 2.45) is 7.05 Å². The van der Waals surface area contributed by atoms with Gasteiger partial charge < -0.3 is 4.57 Å². The molecule has 3 rings (SSSR count). The second-order valence-electron chi connectivity index (χ2n) is 4.80. The van der Waals surface area contributed by atoms with Gasteiger partial charge in [0.1, 0.15) is 5.82 Å². The largest absolute Gasteiger partial charge is 0.331 e. The summed E-state index contributed by atoms with van der Waals surface area (Å²) in [7, 11) is 1.96. The number of aryl methyl sites for hydroxylation is 2. The smallest absolute Gasteiger partial charge is 0.180 e. The lowest BCUT2D eigenvalue weighted by atomic mass is 10.2. The Balaban J connectivity index is 1.89. The van der Waals surface area contributed by atoms with Gasteiger partial charge in [0.05, 0.1) is 22.3 Å². The minimum absolute atomic E-state index is 0.146.